The zero-order valence-corrected chi connectivity index (χ0v) is 12.9. The summed E-state index contributed by atoms with van der Waals surface area (Å²) in [5, 5.41) is 0. The average Bonchev–Trinajstić information content (AvgIpc) is 3.28. The summed E-state index contributed by atoms with van der Waals surface area (Å²) in [6, 6.07) is 0. The number of imide groups is 1. The number of carbonyl (C=O) groups is 2. The first-order valence-corrected chi connectivity index (χ1v) is 8.94. The monoisotopic (exact) mass is 297 g/mol. The minimum atomic E-state index is -0.128. The van der Waals surface area contributed by atoms with Crippen molar-refractivity contribution in [3.8, 4) is 0 Å². The third-order valence-electron chi connectivity index (χ3n) is 7.26. The van der Waals surface area contributed by atoms with Crippen LogP contribution in [-0.2, 0) is 9.59 Å². The number of nitrogens with zero attached hydrogens (tertiary/aromatic N) is 1. The van der Waals surface area contributed by atoms with Crippen LogP contribution in [0.1, 0.15) is 32.1 Å². The van der Waals surface area contributed by atoms with Crippen LogP contribution in [0.25, 0.3) is 0 Å². The summed E-state index contributed by atoms with van der Waals surface area (Å²) < 4.78 is 0. The molecule has 116 valence electrons. The van der Waals surface area contributed by atoms with Crippen LogP contribution < -0.4 is 0 Å². The number of rotatable bonds is 4. The molecule has 5 aliphatic rings. The molecule has 7 atom stereocenters. The van der Waals surface area contributed by atoms with Gasteiger partial charge < -0.3 is 0 Å². The van der Waals surface area contributed by atoms with E-state index in [0.717, 1.165) is 47.8 Å². The van der Waals surface area contributed by atoms with Gasteiger partial charge in [-0.3, -0.25) is 14.5 Å². The molecule has 3 nitrogen and oxygen atoms in total. The summed E-state index contributed by atoms with van der Waals surface area (Å²) in [4.78, 5) is 24.6. The number of hydrogen-bond donors (Lipinski definition) is 0. The van der Waals surface area contributed by atoms with Crippen LogP contribution in [0.5, 0.6) is 0 Å². The zero-order valence-electron chi connectivity index (χ0n) is 12.9. The number of amides is 2. The molecule has 5 rings (SSSR count). The molecule has 0 aromatic rings. The molecule has 0 spiro atoms. The third-order valence-corrected chi connectivity index (χ3v) is 7.26. The maximum absolute atomic E-state index is 11.6. The molecule has 1 heterocycles. The fourth-order valence-corrected chi connectivity index (χ4v) is 6.65. The van der Waals surface area contributed by atoms with Gasteiger partial charge in [0.2, 0.25) is 0 Å². The fourth-order valence-electron chi connectivity index (χ4n) is 6.65. The maximum Gasteiger partial charge on any atom is 0.253 e. The zero-order chi connectivity index (χ0) is 14.8. The molecule has 3 saturated carbocycles. The van der Waals surface area contributed by atoms with Gasteiger partial charge in [0, 0.05) is 18.7 Å². The second kappa shape index (κ2) is 4.56. The lowest BCUT2D eigenvalue weighted by Crippen LogP contribution is -2.33. The Balaban J connectivity index is 1.20. The van der Waals surface area contributed by atoms with Crippen LogP contribution in [0, 0.1) is 41.4 Å². The minimum Gasteiger partial charge on any atom is -0.275 e. The molecule has 0 N–H and O–H groups in total. The molecule has 4 bridgehead atoms. The van der Waals surface area contributed by atoms with Gasteiger partial charge in [-0.25, -0.2) is 0 Å². The van der Waals surface area contributed by atoms with Gasteiger partial charge in [0.15, 0.2) is 0 Å². The first-order chi connectivity index (χ1) is 10.7. The molecule has 7 unspecified atom stereocenters. The van der Waals surface area contributed by atoms with Crippen molar-refractivity contribution < 1.29 is 9.59 Å². The van der Waals surface area contributed by atoms with Crippen LogP contribution >= 0.6 is 0 Å². The van der Waals surface area contributed by atoms with E-state index in [-0.39, 0.29) is 11.8 Å². The maximum atomic E-state index is 11.6. The summed E-state index contributed by atoms with van der Waals surface area (Å²) in [5.74, 6) is 6.23. The summed E-state index contributed by atoms with van der Waals surface area (Å²) in [7, 11) is 0. The lowest BCUT2D eigenvalue weighted by Gasteiger charge is -2.37. The van der Waals surface area contributed by atoms with Crippen molar-refractivity contribution in [1.29, 1.82) is 0 Å². The minimum absolute atomic E-state index is 0.128. The van der Waals surface area contributed by atoms with E-state index in [2.05, 4.69) is 12.2 Å². The largest absolute Gasteiger partial charge is 0.275 e. The SMILES string of the molecule is O=C1C=CC(=O)N1CCCC1CC2CC1C1C3C=CC(C3)C21. The Morgan fingerprint density at radius 1 is 0.955 bits per heavy atom. The Morgan fingerprint density at radius 3 is 2.45 bits per heavy atom. The molecule has 2 amide bonds. The van der Waals surface area contributed by atoms with E-state index in [4.69, 9.17) is 0 Å². The fraction of sp³-hybridized carbons (Fsp3) is 0.684. The highest BCUT2D eigenvalue weighted by molar-refractivity contribution is 6.12. The topological polar surface area (TPSA) is 37.4 Å². The van der Waals surface area contributed by atoms with Crippen molar-refractivity contribution in [3.05, 3.63) is 24.3 Å². The molecule has 0 aromatic carbocycles. The molecule has 3 heteroatoms. The highest BCUT2D eigenvalue weighted by Gasteiger charge is 2.60. The Bertz CT molecular complexity index is 574. The highest BCUT2D eigenvalue weighted by Crippen LogP contribution is 2.67. The second-order valence-electron chi connectivity index (χ2n) is 8.06. The summed E-state index contributed by atoms with van der Waals surface area (Å²) in [5.41, 5.74) is 0. The van der Waals surface area contributed by atoms with Gasteiger partial charge in [-0.05, 0) is 73.5 Å². The molecular weight excluding hydrogens is 274 g/mol. The molecule has 1 aliphatic heterocycles. The van der Waals surface area contributed by atoms with Crippen molar-refractivity contribution in [2.24, 2.45) is 41.4 Å². The average molecular weight is 297 g/mol. The van der Waals surface area contributed by atoms with E-state index < -0.39 is 0 Å². The quantitative estimate of drug-likeness (QED) is 0.454. The van der Waals surface area contributed by atoms with E-state index in [1.165, 1.54) is 42.7 Å². The predicted octanol–water partition coefficient (Wildman–Crippen LogP) is 2.79. The Hall–Kier alpha value is -1.38. The lowest BCUT2D eigenvalue weighted by molar-refractivity contribution is -0.136. The summed E-state index contributed by atoms with van der Waals surface area (Å²) in [6.07, 6.45) is 14.3. The Morgan fingerprint density at radius 2 is 1.68 bits per heavy atom. The van der Waals surface area contributed by atoms with Crippen molar-refractivity contribution >= 4 is 11.8 Å². The molecule has 0 radical (unpaired) electrons. The Labute approximate surface area is 131 Å². The van der Waals surface area contributed by atoms with E-state index >= 15 is 0 Å². The van der Waals surface area contributed by atoms with Crippen LogP contribution in [0.3, 0.4) is 0 Å². The van der Waals surface area contributed by atoms with Gasteiger partial charge >= 0.3 is 0 Å². The number of carbonyl (C=O) groups excluding carboxylic acids is 2. The van der Waals surface area contributed by atoms with E-state index in [1.54, 1.807) is 0 Å². The van der Waals surface area contributed by atoms with Crippen molar-refractivity contribution in [1.82, 2.24) is 4.90 Å². The summed E-state index contributed by atoms with van der Waals surface area (Å²) >= 11 is 0. The molecule has 22 heavy (non-hydrogen) atoms. The standard InChI is InChI=1S/C19H23NO2/c21-16-5-6-17(22)20(16)7-1-2-11-8-14-10-15(11)19-13-4-3-12(9-13)18(14)19/h3-6,11-15,18-19H,1-2,7-10H2. The molecule has 4 aliphatic carbocycles. The van der Waals surface area contributed by atoms with Crippen LogP contribution in [0.4, 0.5) is 0 Å². The number of fused-ring (bicyclic) bond motifs is 9. The second-order valence-corrected chi connectivity index (χ2v) is 8.06. The number of allylic oxidation sites excluding steroid dienone is 2. The van der Waals surface area contributed by atoms with Gasteiger partial charge in [-0.15, -0.1) is 0 Å². The highest BCUT2D eigenvalue weighted by atomic mass is 16.2. The van der Waals surface area contributed by atoms with Gasteiger partial charge in [-0.2, -0.15) is 0 Å². The third kappa shape index (κ3) is 1.68. The van der Waals surface area contributed by atoms with Crippen molar-refractivity contribution in [2.75, 3.05) is 6.54 Å². The first kappa shape index (κ1) is 13.1. The summed E-state index contributed by atoms with van der Waals surface area (Å²) in [6.45, 7) is 0.610. The number of hydrogen-bond acceptors (Lipinski definition) is 2. The molecule has 0 saturated heterocycles. The van der Waals surface area contributed by atoms with E-state index in [0.29, 0.717) is 6.54 Å². The van der Waals surface area contributed by atoms with Gasteiger partial charge in [0.1, 0.15) is 0 Å². The van der Waals surface area contributed by atoms with Crippen molar-refractivity contribution in [3.63, 3.8) is 0 Å². The van der Waals surface area contributed by atoms with Crippen LogP contribution in [0.2, 0.25) is 0 Å². The predicted molar refractivity (Wildman–Crippen MR) is 82.5 cm³/mol. The molecule has 3 fully saturated rings. The smallest absolute Gasteiger partial charge is 0.253 e. The van der Waals surface area contributed by atoms with E-state index in [9.17, 15) is 9.59 Å². The van der Waals surface area contributed by atoms with Gasteiger partial charge in [0.25, 0.3) is 11.8 Å². The molecular formula is C19H23NO2. The van der Waals surface area contributed by atoms with Gasteiger partial charge in [-0.1, -0.05) is 12.2 Å². The van der Waals surface area contributed by atoms with Crippen molar-refractivity contribution in [2.45, 2.75) is 32.1 Å². The van der Waals surface area contributed by atoms with Crippen LogP contribution in [-0.4, -0.2) is 23.3 Å². The normalized spacial score (nSPS) is 47.3. The van der Waals surface area contributed by atoms with E-state index in [1.807, 2.05) is 0 Å². The van der Waals surface area contributed by atoms with Gasteiger partial charge in [0.05, 0.1) is 0 Å². The Kier molecular flexibility index (Phi) is 2.71. The van der Waals surface area contributed by atoms with Crippen LogP contribution in [0.15, 0.2) is 24.3 Å². The lowest BCUT2D eigenvalue weighted by atomic mass is 9.68. The molecule has 0 aromatic heterocycles. The first-order valence-electron chi connectivity index (χ1n) is 8.94.